The largest absolute Gasteiger partial charge is 0.468 e. The summed E-state index contributed by atoms with van der Waals surface area (Å²) >= 11 is 0. The molecule has 0 bridgehead atoms. The third-order valence-electron chi connectivity index (χ3n) is 6.44. The number of nitrogens with zero attached hydrogens (tertiary/aromatic N) is 3. The number of furan rings is 1. The van der Waals surface area contributed by atoms with Gasteiger partial charge in [0.15, 0.2) is 5.96 Å². The first-order valence-electron chi connectivity index (χ1n) is 11.9. The lowest BCUT2D eigenvalue weighted by Crippen LogP contribution is -2.44. The molecular weight excluding hydrogens is 529 g/mol. The number of amides is 1. The van der Waals surface area contributed by atoms with Crippen molar-refractivity contribution in [1.29, 1.82) is 0 Å². The summed E-state index contributed by atoms with van der Waals surface area (Å²) in [6.07, 6.45) is 7.77. The molecule has 0 aliphatic carbocycles. The molecule has 1 saturated heterocycles. The molecule has 2 aliphatic heterocycles. The van der Waals surface area contributed by atoms with Crippen molar-refractivity contribution in [2.75, 3.05) is 44.7 Å². The van der Waals surface area contributed by atoms with Gasteiger partial charge in [0.05, 0.1) is 12.3 Å². The van der Waals surface area contributed by atoms with Crippen molar-refractivity contribution in [2.45, 2.75) is 44.6 Å². The van der Waals surface area contributed by atoms with Gasteiger partial charge in [-0.2, -0.15) is 0 Å². The number of guanidine groups is 1. The third-order valence-corrected chi connectivity index (χ3v) is 6.44. The van der Waals surface area contributed by atoms with Gasteiger partial charge in [-0.25, -0.2) is 0 Å². The van der Waals surface area contributed by atoms with Crippen molar-refractivity contribution in [3.63, 3.8) is 0 Å². The van der Waals surface area contributed by atoms with Crippen molar-refractivity contribution in [3.8, 4) is 0 Å². The van der Waals surface area contributed by atoms with Gasteiger partial charge in [-0.3, -0.25) is 14.7 Å². The van der Waals surface area contributed by atoms with E-state index >= 15 is 0 Å². The fourth-order valence-electron chi connectivity index (χ4n) is 4.71. The van der Waals surface area contributed by atoms with Crippen LogP contribution in [-0.2, 0) is 11.2 Å². The molecule has 180 valence electrons. The normalized spacial score (nSPS) is 17.2. The summed E-state index contributed by atoms with van der Waals surface area (Å²) in [7, 11) is 1.78. The highest BCUT2D eigenvalue weighted by Gasteiger charge is 2.25. The molecule has 1 atom stereocenters. The Morgan fingerprint density at radius 2 is 1.91 bits per heavy atom. The molecule has 0 saturated carbocycles. The fraction of sp³-hybridized carbons (Fsp3) is 0.520. The second kappa shape index (κ2) is 13.0. The zero-order valence-corrected chi connectivity index (χ0v) is 21.8. The predicted molar refractivity (Wildman–Crippen MR) is 143 cm³/mol. The average Bonchev–Trinajstić information content (AvgIpc) is 3.51. The van der Waals surface area contributed by atoms with Gasteiger partial charge in [-0.05, 0) is 62.5 Å². The molecule has 1 unspecified atom stereocenters. The zero-order valence-electron chi connectivity index (χ0n) is 19.5. The number of anilines is 1. The molecular formula is C25H36IN5O2. The van der Waals surface area contributed by atoms with Crippen LogP contribution in [0.25, 0.3) is 0 Å². The van der Waals surface area contributed by atoms with Gasteiger partial charge >= 0.3 is 0 Å². The van der Waals surface area contributed by atoms with Gasteiger partial charge in [-0.15, -0.1) is 24.0 Å². The Bertz CT molecular complexity index is 896. The van der Waals surface area contributed by atoms with Crippen LogP contribution in [-0.4, -0.2) is 56.5 Å². The van der Waals surface area contributed by atoms with E-state index in [9.17, 15) is 4.79 Å². The predicted octanol–water partition coefficient (Wildman–Crippen LogP) is 3.96. The van der Waals surface area contributed by atoms with E-state index in [1.54, 1.807) is 13.3 Å². The summed E-state index contributed by atoms with van der Waals surface area (Å²) in [6, 6.07) is 12.4. The molecule has 0 spiro atoms. The van der Waals surface area contributed by atoms with E-state index in [0.717, 1.165) is 56.4 Å². The van der Waals surface area contributed by atoms with Gasteiger partial charge in [0, 0.05) is 38.8 Å². The lowest BCUT2D eigenvalue weighted by Gasteiger charge is -2.33. The Morgan fingerprint density at radius 3 is 2.67 bits per heavy atom. The number of likely N-dealkylation sites (tertiary alicyclic amines) is 1. The van der Waals surface area contributed by atoms with Crippen LogP contribution in [0.5, 0.6) is 0 Å². The molecule has 1 fully saturated rings. The molecule has 1 amide bonds. The number of aliphatic imine (C=N–C) groups is 1. The summed E-state index contributed by atoms with van der Waals surface area (Å²) in [5, 5.41) is 6.81. The van der Waals surface area contributed by atoms with Crippen LogP contribution in [0.2, 0.25) is 0 Å². The maximum absolute atomic E-state index is 12.7. The standard InChI is InChI=1S/C25H35N5O2.HI/c1-26-25(28-19-22(23-11-8-18-32-23)29-15-5-2-6-16-29)27-14-7-12-24(31)30-17-13-20-9-3-4-10-21(20)30;/h3-4,8-11,18,22H,2,5-7,12-17,19H2,1H3,(H2,26,27,28);1H. The van der Waals surface area contributed by atoms with Gasteiger partial charge in [0.2, 0.25) is 5.91 Å². The van der Waals surface area contributed by atoms with Gasteiger partial charge in [0.1, 0.15) is 5.76 Å². The number of carbonyl (C=O) groups excluding carboxylic acids is 1. The summed E-state index contributed by atoms with van der Waals surface area (Å²) in [6.45, 7) is 4.42. The summed E-state index contributed by atoms with van der Waals surface area (Å²) in [4.78, 5) is 21.5. The Morgan fingerprint density at radius 1 is 1.09 bits per heavy atom. The molecule has 2 N–H and O–H groups in total. The number of benzene rings is 1. The minimum Gasteiger partial charge on any atom is -0.468 e. The second-order valence-corrected chi connectivity index (χ2v) is 8.54. The van der Waals surface area contributed by atoms with E-state index in [1.165, 1.54) is 24.8 Å². The number of para-hydroxylation sites is 1. The number of halogens is 1. The van der Waals surface area contributed by atoms with E-state index in [-0.39, 0.29) is 35.9 Å². The lowest BCUT2D eigenvalue weighted by molar-refractivity contribution is -0.118. The maximum atomic E-state index is 12.7. The number of fused-ring (bicyclic) bond motifs is 1. The number of nitrogens with one attached hydrogen (secondary N) is 2. The maximum Gasteiger partial charge on any atom is 0.227 e. The molecule has 1 aromatic carbocycles. The Labute approximate surface area is 214 Å². The van der Waals surface area contributed by atoms with Gasteiger partial charge in [0.25, 0.3) is 0 Å². The molecule has 7 nitrogen and oxygen atoms in total. The van der Waals surface area contributed by atoms with E-state index in [0.29, 0.717) is 13.0 Å². The Kier molecular flexibility index (Phi) is 10.1. The molecule has 0 radical (unpaired) electrons. The molecule has 3 heterocycles. The van der Waals surface area contributed by atoms with Crippen LogP contribution in [0.1, 0.15) is 49.5 Å². The van der Waals surface area contributed by atoms with Gasteiger partial charge < -0.3 is 20.0 Å². The smallest absolute Gasteiger partial charge is 0.227 e. The number of rotatable bonds is 8. The Hall–Kier alpha value is -2.07. The molecule has 1 aromatic heterocycles. The van der Waals surface area contributed by atoms with Crippen molar-refractivity contribution >= 4 is 41.5 Å². The lowest BCUT2D eigenvalue weighted by atomic mass is 10.1. The Balaban J connectivity index is 0.00000306. The number of hydrogen-bond acceptors (Lipinski definition) is 4. The summed E-state index contributed by atoms with van der Waals surface area (Å²) in [5.41, 5.74) is 2.34. The zero-order chi connectivity index (χ0) is 22.2. The van der Waals surface area contributed by atoms with Crippen molar-refractivity contribution in [2.24, 2.45) is 4.99 Å². The first-order chi connectivity index (χ1) is 15.8. The minimum atomic E-state index is 0. The summed E-state index contributed by atoms with van der Waals surface area (Å²) in [5.74, 6) is 1.95. The highest BCUT2D eigenvalue weighted by Crippen LogP contribution is 2.28. The molecule has 8 heteroatoms. The topological polar surface area (TPSA) is 73.1 Å². The van der Waals surface area contributed by atoms with Crippen molar-refractivity contribution in [3.05, 3.63) is 54.0 Å². The first kappa shape index (κ1) is 25.6. The van der Waals surface area contributed by atoms with Crippen molar-refractivity contribution < 1.29 is 9.21 Å². The minimum absolute atomic E-state index is 0. The van der Waals surface area contributed by atoms with Gasteiger partial charge in [-0.1, -0.05) is 24.6 Å². The SMILES string of the molecule is CN=C(NCCCC(=O)N1CCc2ccccc21)NCC(c1ccco1)N1CCCCC1.I. The first-order valence-corrected chi connectivity index (χ1v) is 11.9. The van der Waals surface area contributed by atoms with Crippen LogP contribution < -0.4 is 15.5 Å². The van der Waals surface area contributed by atoms with Crippen LogP contribution in [0.3, 0.4) is 0 Å². The van der Waals surface area contributed by atoms with Crippen LogP contribution in [0, 0.1) is 0 Å². The van der Waals surface area contributed by atoms with Crippen molar-refractivity contribution in [1.82, 2.24) is 15.5 Å². The quantitative estimate of drug-likeness (QED) is 0.220. The highest BCUT2D eigenvalue weighted by atomic mass is 127. The average molecular weight is 566 g/mol. The van der Waals surface area contributed by atoms with E-state index in [4.69, 9.17) is 4.42 Å². The van der Waals surface area contributed by atoms with E-state index < -0.39 is 0 Å². The molecule has 33 heavy (non-hydrogen) atoms. The molecule has 4 rings (SSSR count). The summed E-state index contributed by atoms with van der Waals surface area (Å²) < 4.78 is 5.73. The molecule has 2 aliphatic rings. The number of piperidine rings is 1. The monoisotopic (exact) mass is 565 g/mol. The van der Waals surface area contributed by atoms with E-state index in [1.807, 2.05) is 29.2 Å². The molecule has 2 aromatic rings. The number of hydrogen-bond donors (Lipinski definition) is 2. The van der Waals surface area contributed by atoms with Crippen LogP contribution in [0.15, 0.2) is 52.1 Å². The third kappa shape index (κ3) is 6.72. The van der Waals surface area contributed by atoms with E-state index in [2.05, 4.69) is 32.7 Å². The van der Waals surface area contributed by atoms with Crippen LogP contribution >= 0.6 is 24.0 Å². The fourth-order valence-corrected chi connectivity index (χ4v) is 4.71. The second-order valence-electron chi connectivity index (χ2n) is 8.54. The van der Waals surface area contributed by atoms with Crippen LogP contribution in [0.4, 0.5) is 5.69 Å². The number of carbonyl (C=O) groups is 1. The highest BCUT2D eigenvalue weighted by molar-refractivity contribution is 14.0.